The molecule has 0 aliphatic rings. The molecule has 0 unspecified atom stereocenters. The van der Waals surface area contributed by atoms with E-state index in [0.717, 1.165) is 11.3 Å². The summed E-state index contributed by atoms with van der Waals surface area (Å²) in [5, 5.41) is 0. The second kappa shape index (κ2) is 4.78. The summed E-state index contributed by atoms with van der Waals surface area (Å²) in [5.41, 5.74) is 1.38. The number of Topliss-reactive ketones (excluding diaryl/α,β-unsaturated/α-hetero) is 1. The van der Waals surface area contributed by atoms with Gasteiger partial charge in [-0.15, -0.1) is 0 Å². The van der Waals surface area contributed by atoms with Gasteiger partial charge in [0.25, 0.3) is 0 Å². The zero-order valence-corrected chi connectivity index (χ0v) is 9.41. The van der Waals surface area contributed by atoms with Crippen LogP contribution in [-0.4, -0.2) is 11.9 Å². The molecule has 0 spiro atoms. The van der Waals surface area contributed by atoms with Crippen LogP contribution >= 0.6 is 0 Å². The number of hydrogen-bond acceptors (Lipinski definition) is 2. The van der Waals surface area contributed by atoms with Crippen molar-refractivity contribution in [3.05, 3.63) is 36.4 Å². The Morgan fingerprint density at radius 3 is 2.20 bits per heavy atom. The fourth-order valence-corrected chi connectivity index (χ4v) is 1.21. The highest BCUT2D eigenvalue weighted by molar-refractivity contribution is 6.18. The predicted octanol–water partition coefficient (Wildman–Crippen LogP) is 3.08. The lowest BCUT2D eigenvalue weighted by molar-refractivity contribution is -0.111. The predicted molar refractivity (Wildman–Crippen MR) is 61.9 cm³/mol. The van der Waals surface area contributed by atoms with Crippen LogP contribution in [-0.2, 0) is 4.79 Å². The standard InChI is InChI=1S/C13H16O2/c1-9(2)15-13-7-5-12(6-8-13)10(3)11(4)14/h5-9H,3H2,1-2,4H3. The zero-order chi connectivity index (χ0) is 11.4. The minimum atomic E-state index is -0.00692. The van der Waals surface area contributed by atoms with Gasteiger partial charge in [0.1, 0.15) is 5.75 Å². The van der Waals surface area contributed by atoms with Crippen molar-refractivity contribution in [1.29, 1.82) is 0 Å². The van der Waals surface area contributed by atoms with Crippen LogP contribution in [0.3, 0.4) is 0 Å². The highest BCUT2D eigenvalue weighted by Gasteiger charge is 2.04. The monoisotopic (exact) mass is 204 g/mol. The van der Waals surface area contributed by atoms with E-state index in [4.69, 9.17) is 4.74 Å². The molecular weight excluding hydrogens is 188 g/mol. The molecule has 0 heterocycles. The summed E-state index contributed by atoms with van der Waals surface area (Å²) >= 11 is 0. The molecule has 0 N–H and O–H groups in total. The normalized spacial score (nSPS) is 10.1. The summed E-state index contributed by atoms with van der Waals surface area (Å²) in [5.74, 6) is 0.803. The Morgan fingerprint density at radius 2 is 1.80 bits per heavy atom. The Labute approximate surface area is 90.6 Å². The first-order valence-electron chi connectivity index (χ1n) is 4.97. The van der Waals surface area contributed by atoms with Gasteiger partial charge in [-0.1, -0.05) is 18.7 Å². The lowest BCUT2D eigenvalue weighted by Gasteiger charge is -2.10. The molecule has 0 saturated heterocycles. The number of allylic oxidation sites excluding steroid dienone is 1. The van der Waals surface area contributed by atoms with E-state index >= 15 is 0 Å². The average molecular weight is 204 g/mol. The van der Waals surface area contributed by atoms with E-state index in [1.807, 2.05) is 38.1 Å². The number of rotatable bonds is 4. The quantitative estimate of drug-likeness (QED) is 0.704. The molecule has 0 radical (unpaired) electrons. The van der Waals surface area contributed by atoms with E-state index in [1.54, 1.807) is 0 Å². The molecule has 1 rings (SSSR count). The summed E-state index contributed by atoms with van der Waals surface area (Å²) in [6, 6.07) is 7.40. The number of hydrogen-bond donors (Lipinski definition) is 0. The molecule has 2 heteroatoms. The molecular formula is C13H16O2. The Kier molecular flexibility index (Phi) is 3.67. The first kappa shape index (κ1) is 11.5. The Bertz CT molecular complexity index is 361. The Balaban J connectivity index is 2.81. The number of carbonyl (C=O) groups is 1. The van der Waals surface area contributed by atoms with Gasteiger partial charge in [-0.05, 0) is 38.5 Å². The molecule has 1 aromatic carbocycles. The van der Waals surface area contributed by atoms with Gasteiger partial charge < -0.3 is 4.74 Å². The van der Waals surface area contributed by atoms with Crippen LogP contribution in [0, 0.1) is 0 Å². The van der Waals surface area contributed by atoms with Crippen LogP contribution < -0.4 is 4.74 Å². The number of carbonyl (C=O) groups excluding carboxylic acids is 1. The minimum absolute atomic E-state index is 0.00692. The van der Waals surface area contributed by atoms with E-state index in [9.17, 15) is 4.79 Å². The summed E-state index contributed by atoms with van der Waals surface area (Å²) in [6.45, 7) is 9.19. The highest BCUT2D eigenvalue weighted by atomic mass is 16.5. The molecule has 0 amide bonds. The maximum atomic E-state index is 11.1. The summed E-state index contributed by atoms with van der Waals surface area (Å²) in [4.78, 5) is 11.1. The third-order valence-electron chi connectivity index (χ3n) is 2.00. The third-order valence-corrected chi connectivity index (χ3v) is 2.00. The largest absolute Gasteiger partial charge is 0.491 e. The van der Waals surface area contributed by atoms with E-state index < -0.39 is 0 Å². The topological polar surface area (TPSA) is 26.3 Å². The molecule has 0 bridgehead atoms. The number of ether oxygens (including phenoxy) is 1. The molecule has 0 aliphatic heterocycles. The molecule has 0 atom stereocenters. The highest BCUT2D eigenvalue weighted by Crippen LogP contribution is 2.18. The van der Waals surface area contributed by atoms with Crippen molar-refractivity contribution in [1.82, 2.24) is 0 Å². The molecule has 80 valence electrons. The molecule has 0 aromatic heterocycles. The second-order valence-electron chi connectivity index (χ2n) is 3.73. The van der Waals surface area contributed by atoms with Gasteiger partial charge in [0.05, 0.1) is 6.10 Å². The molecule has 0 saturated carbocycles. The average Bonchev–Trinajstić information content (AvgIpc) is 2.17. The fourth-order valence-electron chi connectivity index (χ4n) is 1.21. The van der Waals surface area contributed by atoms with Gasteiger partial charge in [0.2, 0.25) is 0 Å². The first-order chi connectivity index (χ1) is 7.00. The van der Waals surface area contributed by atoms with Crippen LogP contribution in [0.25, 0.3) is 5.57 Å². The van der Waals surface area contributed by atoms with E-state index in [2.05, 4.69) is 6.58 Å². The lowest BCUT2D eigenvalue weighted by Crippen LogP contribution is -2.05. The van der Waals surface area contributed by atoms with Crippen molar-refractivity contribution in [3.63, 3.8) is 0 Å². The third kappa shape index (κ3) is 3.24. The second-order valence-corrected chi connectivity index (χ2v) is 3.73. The van der Waals surface area contributed by atoms with Crippen molar-refractivity contribution in [2.24, 2.45) is 0 Å². The smallest absolute Gasteiger partial charge is 0.159 e. The van der Waals surface area contributed by atoms with Crippen LogP contribution in [0.4, 0.5) is 0 Å². The Morgan fingerprint density at radius 1 is 1.27 bits per heavy atom. The maximum absolute atomic E-state index is 11.1. The fraction of sp³-hybridized carbons (Fsp3) is 0.308. The van der Waals surface area contributed by atoms with E-state index in [1.165, 1.54) is 6.92 Å². The lowest BCUT2D eigenvalue weighted by atomic mass is 10.0. The van der Waals surface area contributed by atoms with Crippen molar-refractivity contribution in [2.75, 3.05) is 0 Å². The van der Waals surface area contributed by atoms with Gasteiger partial charge in [-0.3, -0.25) is 4.79 Å². The van der Waals surface area contributed by atoms with Crippen molar-refractivity contribution < 1.29 is 9.53 Å². The maximum Gasteiger partial charge on any atom is 0.159 e. The van der Waals surface area contributed by atoms with Crippen LogP contribution in [0.1, 0.15) is 26.3 Å². The minimum Gasteiger partial charge on any atom is -0.491 e. The Hall–Kier alpha value is -1.57. The number of benzene rings is 1. The van der Waals surface area contributed by atoms with Crippen molar-refractivity contribution >= 4 is 11.4 Å². The molecule has 15 heavy (non-hydrogen) atoms. The van der Waals surface area contributed by atoms with Crippen LogP contribution in [0.15, 0.2) is 30.8 Å². The van der Waals surface area contributed by atoms with Gasteiger partial charge in [-0.25, -0.2) is 0 Å². The molecule has 2 nitrogen and oxygen atoms in total. The van der Waals surface area contributed by atoms with E-state index in [0.29, 0.717) is 5.57 Å². The number of ketones is 1. The SMILES string of the molecule is C=C(C(C)=O)c1ccc(OC(C)C)cc1. The van der Waals surface area contributed by atoms with E-state index in [-0.39, 0.29) is 11.9 Å². The summed E-state index contributed by atoms with van der Waals surface area (Å²) in [6.07, 6.45) is 0.159. The van der Waals surface area contributed by atoms with Crippen molar-refractivity contribution in [3.8, 4) is 5.75 Å². The van der Waals surface area contributed by atoms with Crippen LogP contribution in [0.2, 0.25) is 0 Å². The van der Waals surface area contributed by atoms with Gasteiger partial charge in [0.15, 0.2) is 5.78 Å². The van der Waals surface area contributed by atoms with Gasteiger partial charge >= 0.3 is 0 Å². The van der Waals surface area contributed by atoms with Crippen LogP contribution in [0.5, 0.6) is 5.75 Å². The zero-order valence-electron chi connectivity index (χ0n) is 9.41. The summed E-state index contributed by atoms with van der Waals surface area (Å²) < 4.78 is 5.49. The molecule has 1 aromatic rings. The first-order valence-corrected chi connectivity index (χ1v) is 4.97. The molecule has 0 aliphatic carbocycles. The summed E-state index contributed by atoms with van der Waals surface area (Å²) in [7, 11) is 0. The van der Waals surface area contributed by atoms with Crippen molar-refractivity contribution in [2.45, 2.75) is 26.9 Å². The van der Waals surface area contributed by atoms with Gasteiger partial charge in [-0.2, -0.15) is 0 Å². The van der Waals surface area contributed by atoms with Gasteiger partial charge in [0, 0.05) is 5.57 Å². The molecule has 0 fully saturated rings.